The lowest BCUT2D eigenvalue weighted by atomic mass is 10.1. The predicted molar refractivity (Wildman–Crippen MR) is 73.8 cm³/mol. The van der Waals surface area contributed by atoms with Crippen molar-refractivity contribution in [2.45, 2.75) is 45.1 Å². The number of carbonyl (C=O) groups is 2. The van der Waals surface area contributed by atoms with Crippen molar-refractivity contribution in [1.29, 1.82) is 0 Å². The van der Waals surface area contributed by atoms with Gasteiger partial charge < -0.3 is 10.4 Å². The van der Waals surface area contributed by atoms with Gasteiger partial charge in [-0.15, -0.1) is 0 Å². The van der Waals surface area contributed by atoms with Gasteiger partial charge in [-0.05, 0) is 37.0 Å². The summed E-state index contributed by atoms with van der Waals surface area (Å²) >= 11 is 0. The van der Waals surface area contributed by atoms with Crippen LogP contribution in [0.25, 0.3) is 0 Å². The molecule has 1 rings (SSSR count). The Labute approximate surface area is 118 Å². The number of halogens is 1. The van der Waals surface area contributed by atoms with Crippen LogP contribution < -0.4 is 5.32 Å². The second-order valence-corrected chi connectivity index (χ2v) is 4.73. The molecule has 110 valence electrons. The van der Waals surface area contributed by atoms with Gasteiger partial charge in [0.1, 0.15) is 11.9 Å². The van der Waals surface area contributed by atoms with Crippen LogP contribution in [-0.4, -0.2) is 23.0 Å². The molecule has 0 spiro atoms. The van der Waals surface area contributed by atoms with Crippen LogP contribution in [0.3, 0.4) is 0 Å². The number of aliphatic carboxylic acids is 1. The van der Waals surface area contributed by atoms with E-state index >= 15 is 0 Å². The molecule has 4 nitrogen and oxygen atoms in total. The summed E-state index contributed by atoms with van der Waals surface area (Å²) in [7, 11) is 0. The molecule has 1 aromatic carbocycles. The molecule has 2 N–H and O–H groups in total. The molecule has 20 heavy (non-hydrogen) atoms. The molecule has 5 heteroatoms. The highest BCUT2D eigenvalue weighted by Crippen LogP contribution is 2.07. The van der Waals surface area contributed by atoms with Crippen LogP contribution >= 0.6 is 0 Å². The van der Waals surface area contributed by atoms with E-state index in [9.17, 15) is 14.0 Å². The van der Waals surface area contributed by atoms with E-state index in [-0.39, 0.29) is 18.1 Å². The molecule has 0 aliphatic heterocycles. The molecule has 0 aliphatic carbocycles. The maximum absolute atomic E-state index is 12.7. The Bertz CT molecular complexity index is 445. The standard InChI is InChI=1S/C15H20FNO3/c1-2-4-13(15(19)20)17-14(18)6-3-5-11-7-9-12(16)10-8-11/h7-10,13H,2-6H2,1H3,(H,17,18)(H,19,20). The third-order valence-corrected chi connectivity index (χ3v) is 2.99. The SMILES string of the molecule is CCCC(NC(=O)CCCc1ccc(F)cc1)C(=O)O. The number of carboxylic acids is 1. The zero-order valence-corrected chi connectivity index (χ0v) is 11.6. The maximum atomic E-state index is 12.7. The molecule has 0 aromatic heterocycles. The topological polar surface area (TPSA) is 66.4 Å². The quantitative estimate of drug-likeness (QED) is 0.769. The fourth-order valence-corrected chi connectivity index (χ4v) is 1.92. The van der Waals surface area contributed by atoms with E-state index in [1.54, 1.807) is 12.1 Å². The molecule has 0 bridgehead atoms. The Hall–Kier alpha value is -1.91. The van der Waals surface area contributed by atoms with Crippen LogP contribution in [0.5, 0.6) is 0 Å². The molecular weight excluding hydrogens is 261 g/mol. The maximum Gasteiger partial charge on any atom is 0.326 e. The molecule has 0 radical (unpaired) electrons. The number of carboxylic acid groups (broad SMARTS) is 1. The third kappa shape index (κ3) is 5.82. The fourth-order valence-electron chi connectivity index (χ4n) is 1.92. The average molecular weight is 281 g/mol. The van der Waals surface area contributed by atoms with Crippen LogP contribution in [0.1, 0.15) is 38.2 Å². The number of amides is 1. The van der Waals surface area contributed by atoms with E-state index < -0.39 is 12.0 Å². The highest BCUT2D eigenvalue weighted by molar-refractivity contribution is 5.83. The van der Waals surface area contributed by atoms with Gasteiger partial charge >= 0.3 is 5.97 Å². The number of hydrogen-bond acceptors (Lipinski definition) is 2. The number of hydrogen-bond donors (Lipinski definition) is 2. The van der Waals surface area contributed by atoms with E-state index in [1.165, 1.54) is 12.1 Å². The molecule has 0 saturated heterocycles. The first-order chi connectivity index (χ1) is 9.52. The lowest BCUT2D eigenvalue weighted by molar-refractivity contribution is -0.142. The molecule has 1 unspecified atom stereocenters. The Morgan fingerprint density at radius 1 is 1.30 bits per heavy atom. The molecule has 0 aliphatic rings. The van der Waals surface area contributed by atoms with Gasteiger partial charge in [0, 0.05) is 6.42 Å². The molecule has 0 fully saturated rings. The molecule has 0 saturated carbocycles. The van der Waals surface area contributed by atoms with Crippen molar-refractivity contribution in [3.8, 4) is 0 Å². The average Bonchev–Trinajstić information content (AvgIpc) is 2.40. The van der Waals surface area contributed by atoms with Crippen molar-refractivity contribution in [3.05, 3.63) is 35.6 Å². The summed E-state index contributed by atoms with van der Waals surface area (Å²) in [4.78, 5) is 22.5. The van der Waals surface area contributed by atoms with Crippen LogP contribution in [-0.2, 0) is 16.0 Å². The first-order valence-electron chi connectivity index (χ1n) is 6.79. The summed E-state index contributed by atoms with van der Waals surface area (Å²) in [5, 5.41) is 11.4. The smallest absolute Gasteiger partial charge is 0.326 e. The molecule has 1 amide bonds. The second-order valence-electron chi connectivity index (χ2n) is 4.73. The minimum absolute atomic E-state index is 0.257. The molecule has 1 aromatic rings. The van der Waals surface area contributed by atoms with Gasteiger partial charge in [0.2, 0.25) is 5.91 Å². The van der Waals surface area contributed by atoms with E-state index in [2.05, 4.69) is 5.32 Å². The normalized spacial score (nSPS) is 11.9. The second kappa shape index (κ2) is 8.30. The first-order valence-corrected chi connectivity index (χ1v) is 6.79. The van der Waals surface area contributed by atoms with Gasteiger partial charge in [-0.1, -0.05) is 25.5 Å². The van der Waals surface area contributed by atoms with Crippen molar-refractivity contribution in [1.82, 2.24) is 5.32 Å². The number of benzene rings is 1. The van der Waals surface area contributed by atoms with Crippen molar-refractivity contribution in [2.75, 3.05) is 0 Å². The summed E-state index contributed by atoms with van der Waals surface area (Å²) in [5.74, 6) is -1.54. The number of rotatable bonds is 8. The highest BCUT2D eigenvalue weighted by Gasteiger charge is 2.18. The van der Waals surface area contributed by atoms with Crippen molar-refractivity contribution in [2.24, 2.45) is 0 Å². The van der Waals surface area contributed by atoms with Gasteiger partial charge in [-0.25, -0.2) is 9.18 Å². The Balaban J connectivity index is 2.32. The first kappa shape index (κ1) is 16.1. The Kier molecular flexibility index (Phi) is 6.70. The van der Waals surface area contributed by atoms with Crippen molar-refractivity contribution >= 4 is 11.9 Å². The molecule has 0 heterocycles. The van der Waals surface area contributed by atoms with Crippen LogP contribution in [0.2, 0.25) is 0 Å². The fraction of sp³-hybridized carbons (Fsp3) is 0.467. The summed E-state index contributed by atoms with van der Waals surface area (Å²) < 4.78 is 12.7. The van der Waals surface area contributed by atoms with Gasteiger partial charge in [0.15, 0.2) is 0 Å². The van der Waals surface area contributed by atoms with Gasteiger partial charge in [-0.3, -0.25) is 4.79 Å². The highest BCUT2D eigenvalue weighted by atomic mass is 19.1. The van der Waals surface area contributed by atoms with E-state index in [0.29, 0.717) is 25.7 Å². The Morgan fingerprint density at radius 3 is 2.50 bits per heavy atom. The molecular formula is C15H20FNO3. The number of aryl methyl sites for hydroxylation is 1. The van der Waals surface area contributed by atoms with Gasteiger partial charge in [0.25, 0.3) is 0 Å². The third-order valence-electron chi connectivity index (χ3n) is 2.99. The summed E-state index contributed by atoms with van der Waals surface area (Å²) in [5.41, 5.74) is 0.961. The summed E-state index contributed by atoms with van der Waals surface area (Å²) in [6.45, 7) is 1.87. The largest absolute Gasteiger partial charge is 0.480 e. The Morgan fingerprint density at radius 2 is 1.95 bits per heavy atom. The van der Waals surface area contributed by atoms with E-state index in [0.717, 1.165) is 5.56 Å². The zero-order chi connectivity index (χ0) is 15.0. The monoisotopic (exact) mass is 281 g/mol. The van der Waals surface area contributed by atoms with E-state index in [4.69, 9.17) is 5.11 Å². The number of carbonyl (C=O) groups excluding carboxylic acids is 1. The van der Waals surface area contributed by atoms with Gasteiger partial charge in [0.05, 0.1) is 0 Å². The van der Waals surface area contributed by atoms with Crippen LogP contribution in [0.15, 0.2) is 24.3 Å². The predicted octanol–water partition coefficient (Wildman–Crippen LogP) is 2.52. The summed E-state index contributed by atoms with van der Waals surface area (Å²) in [6, 6.07) is 5.33. The van der Waals surface area contributed by atoms with Gasteiger partial charge in [-0.2, -0.15) is 0 Å². The van der Waals surface area contributed by atoms with Crippen molar-refractivity contribution in [3.63, 3.8) is 0 Å². The lowest BCUT2D eigenvalue weighted by Crippen LogP contribution is -2.40. The minimum atomic E-state index is -1.00. The van der Waals surface area contributed by atoms with Crippen molar-refractivity contribution < 1.29 is 19.1 Å². The molecule has 1 atom stereocenters. The lowest BCUT2D eigenvalue weighted by Gasteiger charge is -2.13. The van der Waals surface area contributed by atoms with Crippen LogP contribution in [0.4, 0.5) is 4.39 Å². The minimum Gasteiger partial charge on any atom is -0.480 e. The zero-order valence-electron chi connectivity index (χ0n) is 11.6. The number of nitrogens with one attached hydrogen (secondary N) is 1. The summed E-state index contributed by atoms with van der Waals surface area (Å²) in [6.07, 6.45) is 2.67. The van der Waals surface area contributed by atoms with E-state index in [1.807, 2.05) is 6.92 Å². The van der Waals surface area contributed by atoms with Crippen LogP contribution in [0, 0.1) is 5.82 Å².